The van der Waals surface area contributed by atoms with Gasteiger partial charge in [0.1, 0.15) is 10.8 Å². The highest BCUT2D eigenvalue weighted by Crippen LogP contribution is 2.30. The average molecular weight is 391 g/mol. The predicted octanol–water partition coefficient (Wildman–Crippen LogP) is 2.78. The van der Waals surface area contributed by atoms with E-state index in [-0.39, 0.29) is 12.5 Å². The Kier molecular flexibility index (Phi) is 6.76. The second-order valence-corrected chi connectivity index (χ2v) is 8.01. The summed E-state index contributed by atoms with van der Waals surface area (Å²) < 4.78 is 5.11. The van der Waals surface area contributed by atoms with Crippen molar-refractivity contribution in [1.29, 1.82) is 0 Å². The Morgan fingerprint density at radius 2 is 2.11 bits per heavy atom. The molecule has 0 bridgehead atoms. The minimum absolute atomic E-state index is 0.120. The van der Waals surface area contributed by atoms with Crippen LogP contribution in [0.3, 0.4) is 0 Å². The molecule has 1 saturated carbocycles. The van der Waals surface area contributed by atoms with Crippen LogP contribution < -0.4 is 10.1 Å². The molecule has 7 nitrogen and oxygen atoms in total. The van der Waals surface area contributed by atoms with Crippen molar-refractivity contribution in [2.75, 3.05) is 25.6 Å². The van der Waals surface area contributed by atoms with Crippen LogP contribution in [0.4, 0.5) is 5.69 Å². The Bertz CT molecular complexity index is 750. The second kappa shape index (κ2) is 9.25. The standard InChI is InChI=1S/C19H26N4O3S/c1-13-3-6-15(11-13)23(9-10-24)12-17-21-22-19(27-17)18(25)20-14-4-7-16(26-2)8-5-14/h4-5,7-8,13,15,24H,3,6,9-12H2,1-2H3,(H,20,25)/t13-,15-/m1/s1. The number of hydrogen-bond donors (Lipinski definition) is 2. The van der Waals surface area contributed by atoms with Crippen LogP contribution in [0.25, 0.3) is 0 Å². The van der Waals surface area contributed by atoms with Crippen molar-refractivity contribution in [3.8, 4) is 5.75 Å². The SMILES string of the molecule is COc1ccc(NC(=O)c2nnc(CN(CCO)[C@@H]3CC[C@@H](C)C3)s2)cc1. The number of amides is 1. The number of nitrogens with one attached hydrogen (secondary N) is 1. The van der Waals surface area contributed by atoms with E-state index in [1.165, 1.54) is 17.8 Å². The largest absolute Gasteiger partial charge is 0.497 e. The average Bonchev–Trinajstić information content (AvgIpc) is 3.31. The van der Waals surface area contributed by atoms with Crippen molar-refractivity contribution in [3.05, 3.63) is 34.3 Å². The van der Waals surface area contributed by atoms with Crippen LogP contribution in [0.5, 0.6) is 5.75 Å². The first kappa shape index (κ1) is 19.7. The fraction of sp³-hybridized carbons (Fsp3) is 0.526. The maximum Gasteiger partial charge on any atom is 0.286 e. The van der Waals surface area contributed by atoms with Crippen LogP contribution in [0.1, 0.15) is 41.0 Å². The maximum absolute atomic E-state index is 12.4. The third kappa shape index (κ3) is 5.24. The lowest BCUT2D eigenvalue weighted by Gasteiger charge is -2.27. The molecular weight excluding hydrogens is 364 g/mol. The lowest BCUT2D eigenvalue weighted by atomic mass is 10.1. The molecule has 2 N–H and O–H groups in total. The van der Waals surface area contributed by atoms with Crippen LogP contribution >= 0.6 is 11.3 Å². The summed E-state index contributed by atoms with van der Waals surface area (Å²) in [4.78, 5) is 14.7. The zero-order valence-corrected chi connectivity index (χ0v) is 16.5. The fourth-order valence-corrected chi connectivity index (χ4v) is 4.23. The first-order valence-electron chi connectivity index (χ1n) is 9.21. The highest BCUT2D eigenvalue weighted by Gasteiger charge is 2.27. The Morgan fingerprint density at radius 1 is 1.33 bits per heavy atom. The topological polar surface area (TPSA) is 87.6 Å². The summed E-state index contributed by atoms with van der Waals surface area (Å²) in [5.41, 5.74) is 0.680. The van der Waals surface area contributed by atoms with Crippen LogP contribution in [0.2, 0.25) is 0 Å². The number of hydrogen-bond acceptors (Lipinski definition) is 7. The molecule has 1 aromatic carbocycles. The molecule has 1 aliphatic rings. The van der Waals surface area contributed by atoms with Gasteiger partial charge in [-0.05, 0) is 49.4 Å². The summed E-state index contributed by atoms with van der Waals surface area (Å²) in [5.74, 6) is 1.18. The summed E-state index contributed by atoms with van der Waals surface area (Å²) in [6, 6.07) is 7.60. The molecule has 0 aliphatic heterocycles. The molecule has 8 heteroatoms. The molecule has 0 spiro atoms. The molecule has 0 radical (unpaired) electrons. The minimum Gasteiger partial charge on any atom is -0.497 e. The monoisotopic (exact) mass is 390 g/mol. The van der Waals surface area contributed by atoms with Gasteiger partial charge in [-0.2, -0.15) is 0 Å². The molecular formula is C19H26N4O3S. The van der Waals surface area contributed by atoms with E-state index in [1.54, 1.807) is 31.4 Å². The van der Waals surface area contributed by atoms with Gasteiger partial charge >= 0.3 is 0 Å². The zero-order valence-electron chi connectivity index (χ0n) is 15.7. The number of aliphatic hydroxyl groups excluding tert-OH is 1. The van der Waals surface area contributed by atoms with E-state index in [2.05, 4.69) is 27.3 Å². The van der Waals surface area contributed by atoms with Gasteiger partial charge in [0.15, 0.2) is 0 Å². The quantitative estimate of drug-likeness (QED) is 0.721. The molecule has 3 rings (SSSR count). The number of carbonyl (C=O) groups is 1. The first-order chi connectivity index (χ1) is 13.1. The number of nitrogens with zero attached hydrogens (tertiary/aromatic N) is 3. The van der Waals surface area contributed by atoms with Crippen LogP contribution in [0, 0.1) is 5.92 Å². The Labute approximate surface area is 163 Å². The molecule has 1 amide bonds. The van der Waals surface area contributed by atoms with Crippen molar-refractivity contribution in [2.24, 2.45) is 5.92 Å². The summed E-state index contributed by atoms with van der Waals surface area (Å²) in [5, 5.41) is 21.6. The maximum atomic E-state index is 12.4. The third-order valence-electron chi connectivity index (χ3n) is 4.92. The molecule has 1 fully saturated rings. The van der Waals surface area contributed by atoms with Gasteiger partial charge in [-0.1, -0.05) is 18.3 Å². The first-order valence-corrected chi connectivity index (χ1v) is 10.0. The normalized spacial score (nSPS) is 19.4. The smallest absolute Gasteiger partial charge is 0.286 e. The van der Waals surface area contributed by atoms with Gasteiger partial charge in [0.05, 0.1) is 20.3 Å². The molecule has 146 valence electrons. The lowest BCUT2D eigenvalue weighted by molar-refractivity contribution is 0.102. The molecule has 2 aromatic rings. The Hall–Kier alpha value is -2.03. The van der Waals surface area contributed by atoms with Crippen molar-refractivity contribution in [3.63, 3.8) is 0 Å². The highest BCUT2D eigenvalue weighted by atomic mass is 32.1. The molecule has 0 unspecified atom stereocenters. The van der Waals surface area contributed by atoms with Crippen molar-refractivity contribution in [1.82, 2.24) is 15.1 Å². The highest BCUT2D eigenvalue weighted by molar-refractivity contribution is 7.13. The number of aromatic nitrogens is 2. The lowest BCUT2D eigenvalue weighted by Crippen LogP contribution is -2.35. The Morgan fingerprint density at radius 3 is 2.74 bits per heavy atom. The molecule has 0 saturated heterocycles. The van der Waals surface area contributed by atoms with E-state index in [0.29, 0.717) is 29.8 Å². The number of ether oxygens (including phenoxy) is 1. The van der Waals surface area contributed by atoms with Gasteiger partial charge < -0.3 is 15.2 Å². The van der Waals surface area contributed by atoms with E-state index in [0.717, 1.165) is 29.5 Å². The summed E-state index contributed by atoms with van der Waals surface area (Å²) in [6.07, 6.45) is 3.51. The van der Waals surface area contributed by atoms with Crippen molar-refractivity contribution in [2.45, 2.75) is 38.8 Å². The van der Waals surface area contributed by atoms with E-state index in [4.69, 9.17) is 4.74 Å². The summed E-state index contributed by atoms with van der Waals surface area (Å²) in [6.45, 7) is 3.62. The van der Waals surface area contributed by atoms with E-state index < -0.39 is 0 Å². The van der Waals surface area contributed by atoms with Gasteiger partial charge in [-0.25, -0.2) is 0 Å². The summed E-state index contributed by atoms with van der Waals surface area (Å²) in [7, 11) is 1.60. The van der Waals surface area contributed by atoms with E-state index in [1.807, 2.05) is 0 Å². The van der Waals surface area contributed by atoms with Gasteiger partial charge in [0.2, 0.25) is 5.01 Å². The van der Waals surface area contributed by atoms with Gasteiger partial charge in [0, 0.05) is 18.3 Å². The molecule has 1 aromatic heterocycles. The van der Waals surface area contributed by atoms with Gasteiger partial charge in [-0.15, -0.1) is 10.2 Å². The number of carbonyl (C=O) groups excluding carboxylic acids is 1. The number of benzene rings is 1. The number of anilines is 1. The van der Waals surface area contributed by atoms with Gasteiger partial charge in [0.25, 0.3) is 5.91 Å². The minimum atomic E-state index is -0.271. The fourth-order valence-electron chi connectivity index (χ4n) is 3.47. The second-order valence-electron chi connectivity index (χ2n) is 6.95. The molecule has 27 heavy (non-hydrogen) atoms. The predicted molar refractivity (Wildman–Crippen MR) is 105 cm³/mol. The zero-order chi connectivity index (χ0) is 19.2. The Balaban J connectivity index is 1.61. The molecule has 1 heterocycles. The number of rotatable bonds is 8. The van der Waals surface area contributed by atoms with Crippen LogP contribution in [0.15, 0.2) is 24.3 Å². The van der Waals surface area contributed by atoms with Crippen LogP contribution in [-0.2, 0) is 6.54 Å². The third-order valence-corrected chi connectivity index (χ3v) is 5.82. The van der Waals surface area contributed by atoms with E-state index >= 15 is 0 Å². The molecule has 2 atom stereocenters. The number of aliphatic hydroxyl groups is 1. The number of methoxy groups -OCH3 is 1. The van der Waals surface area contributed by atoms with Crippen molar-refractivity contribution < 1.29 is 14.6 Å². The van der Waals surface area contributed by atoms with Crippen LogP contribution in [-0.4, -0.2) is 52.4 Å². The molecule has 1 aliphatic carbocycles. The summed E-state index contributed by atoms with van der Waals surface area (Å²) >= 11 is 1.30. The van der Waals surface area contributed by atoms with Crippen molar-refractivity contribution >= 4 is 22.9 Å². The van der Waals surface area contributed by atoms with Gasteiger partial charge in [-0.3, -0.25) is 9.69 Å². The van der Waals surface area contributed by atoms with E-state index in [9.17, 15) is 9.90 Å².